The van der Waals surface area contributed by atoms with E-state index in [1.165, 1.54) is 18.4 Å². The van der Waals surface area contributed by atoms with Crippen LogP contribution in [0.1, 0.15) is 38.2 Å². The van der Waals surface area contributed by atoms with Gasteiger partial charge in [0.2, 0.25) is 0 Å². The fourth-order valence-electron chi connectivity index (χ4n) is 2.26. The number of alkyl halides is 1. The van der Waals surface area contributed by atoms with Gasteiger partial charge < -0.3 is 0 Å². The van der Waals surface area contributed by atoms with Gasteiger partial charge in [-0.2, -0.15) is 0 Å². The molecule has 1 aliphatic rings. The molecule has 1 heteroatoms. The second kappa shape index (κ2) is 4.69. The molecular weight excluding hydrogens is 248 g/mol. The third kappa shape index (κ3) is 2.63. The van der Waals surface area contributed by atoms with Gasteiger partial charge in [0.15, 0.2) is 0 Å². The Kier molecular flexibility index (Phi) is 3.50. The van der Waals surface area contributed by atoms with Gasteiger partial charge in [-0.3, -0.25) is 0 Å². The van der Waals surface area contributed by atoms with E-state index in [4.69, 9.17) is 0 Å². The summed E-state index contributed by atoms with van der Waals surface area (Å²) in [6.07, 6.45) is 2.82. The standard InChI is InChI=1S/C14H19Br/c1-10(2)14(15)13(12-8-9-12)11-6-4-3-5-7-11/h3-7,10,12-14H,8-9H2,1-2H3. The molecule has 1 aliphatic carbocycles. The zero-order valence-electron chi connectivity index (χ0n) is 9.49. The van der Waals surface area contributed by atoms with Crippen molar-refractivity contribution in [2.24, 2.45) is 11.8 Å². The summed E-state index contributed by atoms with van der Waals surface area (Å²) in [5, 5.41) is 0. The summed E-state index contributed by atoms with van der Waals surface area (Å²) in [6, 6.07) is 11.0. The Bertz CT molecular complexity index is 300. The Morgan fingerprint density at radius 1 is 1.13 bits per heavy atom. The first-order valence-corrected chi connectivity index (χ1v) is 6.80. The summed E-state index contributed by atoms with van der Waals surface area (Å²) in [6.45, 7) is 4.61. The van der Waals surface area contributed by atoms with E-state index in [1.807, 2.05) is 0 Å². The zero-order valence-corrected chi connectivity index (χ0v) is 11.1. The van der Waals surface area contributed by atoms with Crippen LogP contribution in [-0.2, 0) is 0 Å². The van der Waals surface area contributed by atoms with Crippen molar-refractivity contribution in [3.05, 3.63) is 35.9 Å². The highest BCUT2D eigenvalue weighted by atomic mass is 79.9. The van der Waals surface area contributed by atoms with Crippen molar-refractivity contribution >= 4 is 15.9 Å². The largest absolute Gasteiger partial charge is 0.0881 e. The molecule has 15 heavy (non-hydrogen) atoms. The minimum Gasteiger partial charge on any atom is -0.0881 e. The van der Waals surface area contributed by atoms with Crippen LogP contribution in [0.15, 0.2) is 30.3 Å². The molecule has 0 aromatic heterocycles. The molecule has 1 aromatic carbocycles. The van der Waals surface area contributed by atoms with Crippen molar-refractivity contribution in [1.82, 2.24) is 0 Å². The van der Waals surface area contributed by atoms with E-state index < -0.39 is 0 Å². The topological polar surface area (TPSA) is 0 Å². The summed E-state index contributed by atoms with van der Waals surface area (Å²) in [5.41, 5.74) is 1.51. The molecule has 0 saturated heterocycles. The van der Waals surface area contributed by atoms with E-state index in [9.17, 15) is 0 Å². The van der Waals surface area contributed by atoms with Crippen molar-refractivity contribution in [3.8, 4) is 0 Å². The van der Waals surface area contributed by atoms with Crippen molar-refractivity contribution < 1.29 is 0 Å². The fourth-order valence-corrected chi connectivity index (χ4v) is 3.00. The molecule has 0 spiro atoms. The average molecular weight is 267 g/mol. The maximum absolute atomic E-state index is 3.89. The Hall–Kier alpha value is -0.300. The summed E-state index contributed by atoms with van der Waals surface area (Å²) < 4.78 is 0. The van der Waals surface area contributed by atoms with Crippen molar-refractivity contribution in [2.75, 3.05) is 0 Å². The molecule has 0 amide bonds. The minimum absolute atomic E-state index is 0.618. The van der Waals surface area contributed by atoms with E-state index in [0.29, 0.717) is 16.7 Å². The Labute approximate surface area is 101 Å². The average Bonchev–Trinajstić information content (AvgIpc) is 3.04. The second-order valence-corrected chi connectivity index (χ2v) is 6.02. The lowest BCUT2D eigenvalue weighted by molar-refractivity contribution is 0.485. The normalized spacial score (nSPS) is 20.3. The predicted molar refractivity (Wildman–Crippen MR) is 69.5 cm³/mol. The number of hydrogen-bond donors (Lipinski definition) is 0. The van der Waals surface area contributed by atoms with Gasteiger partial charge in [0, 0.05) is 4.83 Å². The molecule has 2 atom stereocenters. The van der Waals surface area contributed by atoms with Crippen LogP contribution >= 0.6 is 15.9 Å². The van der Waals surface area contributed by atoms with Crippen LogP contribution in [0.4, 0.5) is 0 Å². The second-order valence-electron chi connectivity index (χ2n) is 4.96. The molecule has 0 bridgehead atoms. The van der Waals surface area contributed by atoms with Crippen LogP contribution in [0.3, 0.4) is 0 Å². The summed E-state index contributed by atoms with van der Waals surface area (Å²) >= 11 is 3.89. The zero-order chi connectivity index (χ0) is 10.8. The molecule has 0 aliphatic heterocycles. The lowest BCUT2D eigenvalue weighted by Crippen LogP contribution is -2.20. The monoisotopic (exact) mass is 266 g/mol. The van der Waals surface area contributed by atoms with Crippen molar-refractivity contribution in [2.45, 2.75) is 37.4 Å². The smallest absolute Gasteiger partial charge is 0.0240 e. The first-order valence-electron chi connectivity index (χ1n) is 5.89. The van der Waals surface area contributed by atoms with Gasteiger partial charge in [0.25, 0.3) is 0 Å². The van der Waals surface area contributed by atoms with Crippen LogP contribution < -0.4 is 0 Å². The molecule has 0 nitrogen and oxygen atoms in total. The molecule has 1 aromatic rings. The van der Waals surface area contributed by atoms with Gasteiger partial charge in [-0.05, 0) is 36.2 Å². The molecule has 2 rings (SSSR count). The lowest BCUT2D eigenvalue weighted by Gasteiger charge is -2.25. The van der Waals surface area contributed by atoms with Crippen LogP contribution in [0.2, 0.25) is 0 Å². The maximum Gasteiger partial charge on any atom is 0.0240 e. The summed E-state index contributed by atoms with van der Waals surface area (Å²) in [5.74, 6) is 2.33. The third-order valence-corrected chi connectivity index (χ3v) is 4.92. The first kappa shape index (κ1) is 11.2. The van der Waals surface area contributed by atoms with Gasteiger partial charge in [-0.25, -0.2) is 0 Å². The van der Waals surface area contributed by atoms with Crippen molar-refractivity contribution in [3.63, 3.8) is 0 Å². The first-order chi connectivity index (χ1) is 7.20. The van der Waals surface area contributed by atoms with Crippen molar-refractivity contribution in [1.29, 1.82) is 0 Å². The van der Waals surface area contributed by atoms with Gasteiger partial charge in [-0.15, -0.1) is 0 Å². The van der Waals surface area contributed by atoms with E-state index in [2.05, 4.69) is 60.1 Å². The van der Waals surface area contributed by atoms with E-state index in [1.54, 1.807) is 0 Å². The van der Waals surface area contributed by atoms with E-state index in [0.717, 1.165) is 5.92 Å². The molecule has 0 heterocycles. The van der Waals surface area contributed by atoms with Crippen LogP contribution in [0.5, 0.6) is 0 Å². The maximum atomic E-state index is 3.89. The van der Waals surface area contributed by atoms with Gasteiger partial charge in [0.05, 0.1) is 0 Å². The van der Waals surface area contributed by atoms with Gasteiger partial charge >= 0.3 is 0 Å². The highest BCUT2D eigenvalue weighted by Gasteiger charge is 2.37. The summed E-state index contributed by atoms with van der Waals surface area (Å²) in [4.78, 5) is 0.618. The van der Waals surface area contributed by atoms with E-state index >= 15 is 0 Å². The quantitative estimate of drug-likeness (QED) is 0.699. The molecule has 1 fully saturated rings. The fraction of sp³-hybridized carbons (Fsp3) is 0.571. The number of benzene rings is 1. The Morgan fingerprint density at radius 2 is 1.73 bits per heavy atom. The van der Waals surface area contributed by atoms with Gasteiger partial charge in [0.1, 0.15) is 0 Å². The SMILES string of the molecule is CC(C)C(Br)C(c1ccccc1)C1CC1. The molecular formula is C14H19Br. The lowest BCUT2D eigenvalue weighted by atomic mass is 9.86. The van der Waals surface area contributed by atoms with Crippen LogP contribution in [0, 0.1) is 11.8 Å². The molecule has 0 radical (unpaired) electrons. The van der Waals surface area contributed by atoms with E-state index in [-0.39, 0.29) is 0 Å². The van der Waals surface area contributed by atoms with Gasteiger partial charge in [-0.1, -0.05) is 60.1 Å². The highest BCUT2D eigenvalue weighted by Crippen LogP contribution is 2.48. The number of hydrogen-bond acceptors (Lipinski definition) is 0. The number of rotatable bonds is 4. The highest BCUT2D eigenvalue weighted by molar-refractivity contribution is 9.09. The molecule has 2 unspecified atom stereocenters. The molecule has 0 N–H and O–H groups in total. The molecule has 82 valence electrons. The minimum atomic E-state index is 0.618. The summed E-state index contributed by atoms with van der Waals surface area (Å²) in [7, 11) is 0. The predicted octanol–water partition coefficient (Wildman–Crippen LogP) is 4.60. The van der Waals surface area contributed by atoms with Crippen LogP contribution in [0.25, 0.3) is 0 Å². The number of halogens is 1. The third-order valence-electron chi connectivity index (χ3n) is 3.29. The van der Waals surface area contributed by atoms with Crippen LogP contribution in [-0.4, -0.2) is 4.83 Å². The Morgan fingerprint density at radius 3 is 2.20 bits per heavy atom. The molecule has 1 saturated carbocycles. The Balaban J connectivity index is 2.20.